The summed E-state index contributed by atoms with van der Waals surface area (Å²) in [5, 5.41) is 26.9. The van der Waals surface area contributed by atoms with Gasteiger partial charge in [-0.15, -0.1) is 0 Å². The van der Waals surface area contributed by atoms with Gasteiger partial charge >= 0.3 is 5.97 Å². The second-order valence-corrected chi connectivity index (χ2v) is 2.96. The zero-order valence-electron chi connectivity index (χ0n) is 7.64. The summed E-state index contributed by atoms with van der Waals surface area (Å²) >= 11 is 0. The normalized spacial score (nSPS) is 12.4. The molecule has 5 nitrogen and oxygen atoms in total. The van der Waals surface area contributed by atoms with E-state index in [1.165, 1.54) is 0 Å². The van der Waals surface area contributed by atoms with Crippen LogP contribution in [0.5, 0.6) is 11.5 Å². The van der Waals surface area contributed by atoms with Crippen molar-refractivity contribution in [1.29, 1.82) is 0 Å². The van der Waals surface area contributed by atoms with Crippen LogP contribution in [0, 0.1) is 5.82 Å². The van der Waals surface area contributed by atoms with E-state index in [-0.39, 0.29) is 12.1 Å². The molecule has 1 aromatic carbocycles. The third-order valence-corrected chi connectivity index (χ3v) is 2.04. The first-order chi connectivity index (χ1) is 6.99. The molecular formula is C9H10FNO4. The number of hydrogen-bond acceptors (Lipinski definition) is 4. The van der Waals surface area contributed by atoms with Crippen LogP contribution < -0.4 is 5.73 Å². The molecule has 0 heterocycles. The zero-order valence-corrected chi connectivity index (χ0v) is 7.64. The van der Waals surface area contributed by atoms with E-state index < -0.39 is 29.2 Å². The van der Waals surface area contributed by atoms with E-state index in [1.807, 2.05) is 0 Å². The lowest BCUT2D eigenvalue weighted by Gasteiger charge is -2.12. The molecule has 0 saturated carbocycles. The molecule has 0 spiro atoms. The van der Waals surface area contributed by atoms with E-state index in [9.17, 15) is 14.3 Å². The van der Waals surface area contributed by atoms with E-state index >= 15 is 0 Å². The molecule has 6 heteroatoms. The maximum atomic E-state index is 13.0. The Morgan fingerprint density at radius 1 is 1.47 bits per heavy atom. The first-order valence-electron chi connectivity index (χ1n) is 4.12. The monoisotopic (exact) mass is 215 g/mol. The summed E-state index contributed by atoms with van der Waals surface area (Å²) < 4.78 is 13.0. The molecule has 1 unspecified atom stereocenters. The minimum absolute atomic E-state index is 0.152. The van der Waals surface area contributed by atoms with Gasteiger partial charge in [-0.05, 0) is 6.07 Å². The van der Waals surface area contributed by atoms with Gasteiger partial charge < -0.3 is 21.1 Å². The molecule has 0 aliphatic rings. The summed E-state index contributed by atoms with van der Waals surface area (Å²) in [6.07, 6.45) is 0. The minimum Gasteiger partial charge on any atom is -0.505 e. The van der Waals surface area contributed by atoms with E-state index in [1.54, 1.807) is 0 Å². The van der Waals surface area contributed by atoms with Gasteiger partial charge in [0.05, 0.1) is 5.92 Å². The maximum absolute atomic E-state index is 13.0. The van der Waals surface area contributed by atoms with Gasteiger partial charge in [0.25, 0.3) is 0 Å². The molecule has 1 atom stereocenters. The van der Waals surface area contributed by atoms with Crippen molar-refractivity contribution in [1.82, 2.24) is 0 Å². The highest BCUT2D eigenvalue weighted by Gasteiger charge is 2.24. The van der Waals surface area contributed by atoms with Gasteiger partial charge in [0.1, 0.15) is 0 Å². The third kappa shape index (κ3) is 1.99. The Hall–Kier alpha value is -1.82. The average molecular weight is 215 g/mol. The standard InChI is InChI=1S/C9H10FNO4/c10-7-6(12)2-1-4(8(7)13)5(3-11)9(14)15/h1-2,5,12-13H,3,11H2,(H,14,15). The molecule has 0 saturated heterocycles. The van der Waals surface area contributed by atoms with E-state index in [2.05, 4.69) is 0 Å². The summed E-state index contributed by atoms with van der Waals surface area (Å²) in [6.45, 7) is -0.271. The lowest BCUT2D eigenvalue weighted by atomic mass is 9.98. The third-order valence-electron chi connectivity index (χ3n) is 2.04. The van der Waals surface area contributed by atoms with Crippen molar-refractivity contribution in [3.05, 3.63) is 23.5 Å². The molecule has 0 aliphatic heterocycles. The lowest BCUT2D eigenvalue weighted by molar-refractivity contribution is -0.138. The highest BCUT2D eigenvalue weighted by atomic mass is 19.1. The number of aliphatic carboxylic acids is 1. The predicted molar refractivity (Wildman–Crippen MR) is 49.2 cm³/mol. The number of nitrogens with two attached hydrogens (primary N) is 1. The van der Waals surface area contributed by atoms with Gasteiger partial charge in [-0.3, -0.25) is 4.79 Å². The Morgan fingerprint density at radius 2 is 2.07 bits per heavy atom. The number of hydrogen-bond donors (Lipinski definition) is 4. The number of carbonyl (C=O) groups is 1. The zero-order chi connectivity index (χ0) is 11.6. The van der Waals surface area contributed by atoms with Crippen molar-refractivity contribution >= 4 is 5.97 Å². The van der Waals surface area contributed by atoms with Crippen molar-refractivity contribution < 1.29 is 24.5 Å². The molecule has 1 rings (SSSR count). The summed E-state index contributed by atoms with van der Waals surface area (Å²) in [5.41, 5.74) is 5.03. The van der Waals surface area contributed by atoms with Gasteiger partial charge in [-0.2, -0.15) is 4.39 Å². The van der Waals surface area contributed by atoms with Crippen LogP contribution in [-0.4, -0.2) is 27.8 Å². The van der Waals surface area contributed by atoms with Crippen molar-refractivity contribution in [2.45, 2.75) is 5.92 Å². The number of halogens is 1. The summed E-state index contributed by atoms with van der Waals surface area (Å²) in [5.74, 6) is -5.32. The van der Waals surface area contributed by atoms with Crippen molar-refractivity contribution in [3.8, 4) is 11.5 Å². The molecule has 0 amide bonds. The van der Waals surface area contributed by atoms with Gasteiger partial charge in [0.2, 0.25) is 5.82 Å². The molecule has 0 radical (unpaired) electrons. The molecule has 5 N–H and O–H groups in total. The van der Waals surface area contributed by atoms with E-state index in [0.29, 0.717) is 0 Å². The van der Waals surface area contributed by atoms with Crippen LogP contribution in [0.25, 0.3) is 0 Å². The smallest absolute Gasteiger partial charge is 0.312 e. The second-order valence-electron chi connectivity index (χ2n) is 2.96. The second kappa shape index (κ2) is 4.14. The number of benzene rings is 1. The average Bonchev–Trinajstić information content (AvgIpc) is 2.18. The molecule has 1 aromatic rings. The fraction of sp³-hybridized carbons (Fsp3) is 0.222. The van der Waals surface area contributed by atoms with Crippen LogP contribution in [0.4, 0.5) is 4.39 Å². The van der Waals surface area contributed by atoms with Gasteiger partial charge in [0.15, 0.2) is 11.5 Å². The highest BCUT2D eigenvalue weighted by molar-refractivity contribution is 5.77. The Balaban J connectivity index is 3.25. The molecule has 0 fully saturated rings. The summed E-state index contributed by atoms with van der Waals surface area (Å²) in [6, 6.07) is 2.09. The Kier molecular flexibility index (Phi) is 3.11. The van der Waals surface area contributed by atoms with Crippen LogP contribution in [0.15, 0.2) is 12.1 Å². The number of aromatic hydroxyl groups is 2. The van der Waals surface area contributed by atoms with Gasteiger partial charge in [-0.25, -0.2) is 0 Å². The van der Waals surface area contributed by atoms with Crippen molar-refractivity contribution in [2.75, 3.05) is 6.54 Å². The minimum atomic E-state index is -1.27. The van der Waals surface area contributed by atoms with Crippen LogP contribution >= 0.6 is 0 Å². The van der Waals surface area contributed by atoms with E-state index in [0.717, 1.165) is 12.1 Å². The summed E-state index contributed by atoms with van der Waals surface area (Å²) in [7, 11) is 0. The first kappa shape index (κ1) is 11.3. The van der Waals surface area contributed by atoms with Gasteiger partial charge in [0, 0.05) is 12.1 Å². The molecular weight excluding hydrogens is 205 g/mol. The quantitative estimate of drug-likeness (QED) is 0.583. The van der Waals surface area contributed by atoms with Crippen molar-refractivity contribution in [2.24, 2.45) is 5.73 Å². The molecule has 0 bridgehead atoms. The Labute approximate surface area is 84.6 Å². The first-order valence-corrected chi connectivity index (χ1v) is 4.12. The molecule has 82 valence electrons. The Bertz CT molecular complexity index is 394. The number of carboxylic acid groups (broad SMARTS) is 1. The van der Waals surface area contributed by atoms with Crippen LogP contribution in [0.1, 0.15) is 11.5 Å². The molecule has 0 aromatic heterocycles. The molecule has 0 aliphatic carbocycles. The van der Waals surface area contributed by atoms with E-state index in [4.69, 9.17) is 15.9 Å². The number of carboxylic acids is 1. The SMILES string of the molecule is NCC(C(=O)O)c1ccc(O)c(F)c1O. The molecule has 15 heavy (non-hydrogen) atoms. The summed E-state index contributed by atoms with van der Waals surface area (Å²) in [4.78, 5) is 10.7. The number of phenolic OH excluding ortho intramolecular Hbond substituents is 2. The van der Waals surface area contributed by atoms with Gasteiger partial charge in [-0.1, -0.05) is 6.07 Å². The lowest BCUT2D eigenvalue weighted by Crippen LogP contribution is -2.21. The maximum Gasteiger partial charge on any atom is 0.312 e. The van der Waals surface area contributed by atoms with Crippen LogP contribution in [0.2, 0.25) is 0 Å². The largest absolute Gasteiger partial charge is 0.505 e. The number of phenols is 2. The Morgan fingerprint density at radius 3 is 2.53 bits per heavy atom. The van der Waals surface area contributed by atoms with Crippen molar-refractivity contribution in [3.63, 3.8) is 0 Å². The fourth-order valence-corrected chi connectivity index (χ4v) is 1.21. The predicted octanol–water partition coefficient (Wildman–Crippen LogP) is 0.364. The fourth-order valence-electron chi connectivity index (χ4n) is 1.21. The highest BCUT2D eigenvalue weighted by Crippen LogP contribution is 2.32. The number of rotatable bonds is 3. The van der Waals surface area contributed by atoms with Crippen LogP contribution in [-0.2, 0) is 4.79 Å². The topological polar surface area (TPSA) is 104 Å². The van der Waals surface area contributed by atoms with Crippen LogP contribution in [0.3, 0.4) is 0 Å².